The van der Waals surface area contributed by atoms with Crippen LogP contribution in [0.2, 0.25) is 13.1 Å². The number of carbonyl (C=O) groups excluding carboxylic acids is 1. The number of hydrogen-bond donors (Lipinski definition) is 2. The molecule has 0 aromatic carbocycles. The molecule has 0 bridgehead atoms. The van der Waals surface area contributed by atoms with Crippen LogP contribution in [0, 0.1) is 16.7 Å². The molecular weight excluding hydrogens is 655 g/mol. The van der Waals surface area contributed by atoms with Gasteiger partial charge in [-0.1, -0.05) is 226 Å². The SMILES string of the molecule is CC.CC.CC.CCC(C)CC(C)(C)C.CCC/C=C(CC)/C(=N/S)C(=N)OCCCCCC.CCCCCCCCCCCCCB(C)C(C)=O. The van der Waals surface area contributed by atoms with Crippen molar-refractivity contribution in [3.05, 3.63) is 11.6 Å². The maximum atomic E-state index is 11.1. The van der Waals surface area contributed by atoms with Gasteiger partial charge in [0.05, 0.1) is 12.3 Å². The van der Waals surface area contributed by atoms with Gasteiger partial charge in [-0.25, -0.2) is 4.40 Å². The van der Waals surface area contributed by atoms with Gasteiger partial charge in [0.15, 0.2) is 0 Å². The summed E-state index contributed by atoms with van der Waals surface area (Å²) in [7, 11) is 0. The van der Waals surface area contributed by atoms with E-state index in [4.69, 9.17) is 10.1 Å². The lowest BCUT2D eigenvalue weighted by atomic mass is 9.46. The van der Waals surface area contributed by atoms with Gasteiger partial charge < -0.3 is 9.53 Å². The molecular formula is C46H99BN2O2S. The molecule has 0 amide bonds. The van der Waals surface area contributed by atoms with Crippen LogP contribution in [0.25, 0.3) is 0 Å². The Kier molecular flexibility index (Phi) is 63.0. The van der Waals surface area contributed by atoms with Gasteiger partial charge in [-0.15, -0.1) is 0 Å². The predicted molar refractivity (Wildman–Crippen MR) is 249 cm³/mol. The van der Waals surface area contributed by atoms with Crippen LogP contribution < -0.4 is 0 Å². The molecule has 314 valence electrons. The summed E-state index contributed by atoms with van der Waals surface area (Å²) in [6.45, 7) is 36.8. The Bertz CT molecular complexity index is 762. The molecule has 1 unspecified atom stereocenters. The van der Waals surface area contributed by atoms with E-state index in [-0.39, 0.29) is 12.6 Å². The second-order valence-electron chi connectivity index (χ2n) is 14.7. The second-order valence-corrected chi connectivity index (χ2v) is 14.9. The van der Waals surface area contributed by atoms with Gasteiger partial charge in [0.2, 0.25) is 12.6 Å². The number of rotatable bonds is 25. The molecule has 0 aromatic heterocycles. The Morgan fingerprint density at radius 1 is 0.750 bits per heavy atom. The maximum Gasteiger partial charge on any atom is 0.233 e. The summed E-state index contributed by atoms with van der Waals surface area (Å²) in [6.07, 6.45) is 28.6. The lowest BCUT2D eigenvalue weighted by molar-refractivity contribution is -0.110. The van der Waals surface area contributed by atoms with Crippen LogP contribution in [-0.4, -0.2) is 30.6 Å². The fourth-order valence-corrected chi connectivity index (χ4v) is 5.48. The van der Waals surface area contributed by atoms with Gasteiger partial charge in [0.1, 0.15) is 5.71 Å². The third-order valence-electron chi connectivity index (χ3n) is 8.52. The molecule has 0 rings (SSSR count). The van der Waals surface area contributed by atoms with Crippen molar-refractivity contribution in [2.45, 2.75) is 252 Å². The Balaban J connectivity index is -0.000000149. The van der Waals surface area contributed by atoms with Gasteiger partial charge in [0, 0.05) is 0 Å². The summed E-state index contributed by atoms with van der Waals surface area (Å²) >= 11 is 3.98. The highest BCUT2D eigenvalue weighted by molar-refractivity contribution is 7.79. The molecule has 0 aliphatic carbocycles. The Hall–Kier alpha value is -1.04. The summed E-state index contributed by atoms with van der Waals surface area (Å²) in [5.41, 5.74) is 2.50. The van der Waals surface area contributed by atoms with Crippen molar-refractivity contribution < 1.29 is 9.53 Å². The Labute approximate surface area is 336 Å². The van der Waals surface area contributed by atoms with E-state index in [1.165, 1.54) is 96.3 Å². The lowest BCUT2D eigenvalue weighted by Gasteiger charge is -2.21. The number of nitrogens with one attached hydrogen (secondary N) is 1. The molecule has 0 saturated carbocycles. The van der Waals surface area contributed by atoms with E-state index >= 15 is 0 Å². The molecule has 0 spiro atoms. The number of hydrogen-bond acceptors (Lipinski definition) is 5. The summed E-state index contributed by atoms with van der Waals surface area (Å²) in [6, 6.07) is 0. The molecule has 0 aliphatic rings. The van der Waals surface area contributed by atoms with Crippen LogP contribution in [0.5, 0.6) is 0 Å². The Morgan fingerprint density at radius 2 is 1.17 bits per heavy atom. The largest absolute Gasteiger partial charge is 0.477 e. The zero-order valence-electron chi connectivity index (χ0n) is 39.0. The summed E-state index contributed by atoms with van der Waals surface area (Å²) < 4.78 is 9.39. The molecule has 1 atom stereocenters. The molecule has 1 N–H and O–H groups in total. The van der Waals surface area contributed by atoms with Crippen LogP contribution in [0.3, 0.4) is 0 Å². The van der Waals surface area contributed by atoms with Crippen LogP contribution in [-0.2, 0) is 9.53 Å². The summed E-state index contributed by atoms with van der Waals surface area (Å²) in [5.74, 6) is 1.04. The summed E-state index contributed by atoms with van der Waals surface area (Å²) in [5, 5.41) is 7.95. The Morgan fingerprint density at radius 3 is 1.50 bits per heavy atom. The van der Waals surface area contributed by atoms with Gasteiger partial charge in [-0.2, -0.15) is 0 Å². The first-order valence-corrected chi connectivity index (χ1v) is 22.9. The highest BCUT2D eigenvalue weighted by Crippen LogP contribution is 2.25. The minimum absolute atomic E-state index is 0.149. The van der Waals surface area contributed by atoms with E-state index in [2.05, 4.69) is 92.4 Å². The molecule has 0 saturated heterocycles. The third kappa shape index (κ3) is 53.3. The summed E-state index contributed by atoms with van der Waals surface area (Å²) in [4.78, 5) is 11.1. The number of allylic oxidation sites excluding steroid dienone is 1. The normalized spacial score (nSPS) is 11.3. The van der Waals surface area contributed by atoms with Gasteiger partial charge in [-0.05, 0) is 62.3 Å². The van der Waals surface area contributed by atoms with E-state index in [0.29, 0.717) is 23.4 Å². The van der Waals surface area contributed by atoms with E-state index in [1.807, 2.05) is 41.5 Å². The highest BCUT2D eigenvalue weighted by Gasteiger charge is 2.14. The highest BCUT2D eigenvalue weighted by atomic mass is 32.1. The van der Waals surface area contributed by atoms with Crippen LogP contribution in [0.1, 0.15) is 239 Å². The molecule has 0 aromatic rings. The predicted octanol–water partition coefficient (Wildman–Crippen LogP) is 17.1. The van der Waals surface area contributed by atoms with Crippen LogP contribution in [0.4, 0.5) is 0 Å². The molecule has 6 heteroatoms. The first kappa shape index (κ1) is 62.9. The van der Waals surface area contributed by atoms with Gasteiger partial charge in [0.25, 0.3) is 0 Å². The standard InChI is InChI=1S/C16H33BO.C15H28N2OS.C9H20.3C2H6/c1-4-5-6-7-8-9-10-11-12-13-14-15-17(3)16(2)18;1-4-7-9-10-12-18-15(16)14(17-19)13(6-3)11-8-5-2;1-6-8(2)7-9(3,4)5;3*1-2/h4-15H2,1-3H3;11,16,19H,4-10,12H2,1-3H3;8H,6-7H2,1-5H3;3*1-2H3/b;13-11+,16-15?,17-14-;;;;. The quantitative estimate of drug-likeness (QED) is 0.0320. The minimum Gasteiger partial charge on any atom is -0.477 e. The van der Waals surface area contributed by atoms with Crippen molar-refractivity contribution in [2.24, 2.45) is 15.7 Å². The van der Waals surface area contributed by atoms with E-state index in [9.17, 15) is 4.79 Å². The monoisotopic (exact) mass is 755 g/mol. The number of carbonyl (C=O) groups is 1. The van der Waals surface area contributed by atoms with E-state index in [1.54, 1.807) is 6.92 Å². The minimum atomic E-state index is 0.149. The van der Waals surface area contributed by atoms with Gasteiger partial charge in [-0.3, -0.25) is 5.41 Å². The fourth-order valence-electron chi connectivity index (χ4n) is 5.26. The number of nitrogens with zero attached hydrogens (tertiary/aromatic N) is 1. The lowest BCUT2D eigenvalue weighted by Crippen LogP contribution is -2.19. The third-order valence-corrected chi connectivity index (χ3v) is 8.72. The smallest absolute Gasteiger partial charge is 0.233 e. The average Bonchev–Trinajstić information content (AvgIpc) is 3.14. The van der Waals surface area contributed by atoms with Crippen molar-refractivity contribution in [1.29, 1.82) is 5.41 Å². The van der Waals surface area contributed by atoms with Crippen molar-refractivity contribution >= 4 is 36.8 Å². The van der Waals surface area contributed by atoms with Gasteiger partial charge >= 0.3 is 0 Å². The molecule has 0 fully saturated rings. The molecule has 4 nitrogen and oxygen atoms in total. The topological polar surface area (TPSA) is 62.5 Å². The second kappa shape index (κ2) is 52.1. The average molecular weight is 755 g/mol. The van der Waals surface area contributed by atoms with Crippen LogP contribution in [0.15, 0.2) is 16.0 Å². The molecule has 0 heterocycles. The molecule has 0 aliphatic heterocycles. The first-order chi connectivity index (χ1) is 24.8. The van der Waals surface area contributed by atoms with Crippen molar-refractivity contribution in [3.63, 3.8) is 0 Å². The fraction of sp³-hybridized carbons (Fsp3) is 0.891. The molecule has 0 radical (unpaired) electrons. The van der Waals surface area contributed by atoms with Crippen LogP contribution >= 0.6 is 12.8 Å². The first-order valence-electron chi connectivity index (χ1n) is 22.5. The zero-order chi connectivity index (χ0) is 41.6. The maximum absolute atomic E-state index is 11.1. The van der Waals surface area contributed by atoms with E-state index < -0.39 is 0 Å². The zero-order valence-corrected chi connectivity index (χ0v) is 39.9. The van der Waals surface area contributed by atoms with Crippen molar-refractivity contribution in [2.75, 3.05) is 6.61 Å². The van der Waals surface area contributed by atoms with E-state index in [0.717, 1.165) is 49.9 Å². The van der Waals surface area contributed by atoms with Crippen molar-refractivity contribution in [1.82, 2.24) is 0 Å². The molecule has 52 heavy (non-hydrogen) atoms. The number of ether oxygens (including phenoxy) is 1. The number of unbranched alkanes of at least 4 members (excludes halogenated alkanes) is 14. The van der Waals surface area contributed by atoms with Crippen molar-refractivity contribution in [3.8, 4) is 0 Å². The number of thiol groups is 1.